The van der Waals surface area contributed by atoms with Gasteiger partial charge in [0, 0.05) is 22.7 Å². The molecule has 0 atom stereocenters. The number of hydrogen-bond donors (Lipinski definition) is 1. The van der Waals surface area contributed by atoms with Crippen LogP contribution in [0.15, 0.2) is 23.6 Å². The Hall–Kier alpha value is -1.46. The van der Waals surface area contributed by atoms with Crippen molar-refractivity contribution in [2.45, 2.75) is 26.7 Å². The molecule has 0 spiro atoms. The summed E-state index contributed by atoms with van der Waals surface area (Å²) in [6.07, 6.45) is 1.90. The Balaban J connectivity index is 1.99. The van der Waals surface area contributed by atoms with Gasteiger partial charge in [-0.1, -0.05) is 13.0 Å². The minimum atomic E-state index is 0.811. The third-order valence-electron chi connectivity index (χ3n) is 3.02. The molecule has 104 valence electrons. The molecule has 0 saturated carbocycles. The molecule has 0 fully saturated rings. The molecule has 3 aromatic heterocycles. The molecule has 20 heavy (non-hydrogen) atoms. The van der Waals surface area contributed by atoms with Gasteiger partial charge in [0.1, 0.15) is 16.5 Å². The van der Waals surface area contributed by atoms with Gasteiger partial charge in [-0.2, -0.15) is 0 Å². The van der Waals surface area contributed by atoms with Crippen molar-refractivity contribution in [2.24, 2.45) is 0 Å². The number of anilines is 1. The van der Waals surface area contributed by atoms with Crippen LogP contribution in [0.25, 0.3) is 10.2 Å². The number of nitrogens with one attached hydrogen (secondary N) is 1. The van der Waals surface area contributed by atoms with Crippen molar-refractivity contribution in [3.63, 3.8) is 0 Å². The van der Waals surface area contributed by atoms with Crippen molar-refractivity contribution >= 4 is 38.7 Å². The molecule has 3 heterocycles. The lowest BCUT2D eigenvalue weighted by molar-refractivity contribution is 0.951. The highest BCUT2D eigenvalue weighted by atomic mass is 32.1. The van der Waals surface area contributed by atoms with Gasteiger partial charge < -0.3 is 5.32 Å². The zero-order valence-electron chi connectivity index (χ0n) is 11.6. The first kappa shape index (κ1) is 13.5. The van der Waals surface area contributed by atoms with Crippen molar-refractivity contribution in [3.8, 4) is 0 Å². The molecule has 0 amide bonds. The minimum absolute atomic E-state index is 0.811. The summed E-state index contributed by atoms with van der Waals surface area (Å²) >= 11 is 3.49. The molecule has 3 aromatic rings. The molecule has 3 rings (SSSR count). The maximum atomic E-state index is 4.72. The Morgan fingerprint density at radius 1 is 1.30 bits per heavy atom. The second kappa shape index (κ2) is 5.89. The third kappa shape index (κ3) is 2.83. The summed E-state index contributed by atoms with van der Waals surface area (Å²) in [5, 5.41) is 6.68. The zero-order chi connectivity index (χ0) is 13.9. The van der Waals surface area contributed by atoms with E-state index in [9.17, 15) is 0 Å². The van der Waals surface area contributed by atoms with E-state index in [-0.39, 0.29) is 0 Å². The molecule has 1 N–H and O–H groups in total. The Labute approximate surface area is 126 Å². The highest BCUT2D eigenvalue weighted by molar-refractivity contribution is 7.18. The fourth-order valence-corrected chi connectivity index (χ4v) is 3.71. The van der Waals surface area contributed by atoms with Crippen molar-refractivity contribution in [1.82, 2.24) is 9.97 Å². The quantitative estimate of drug-likeness (QED) is 0.755. The molecule has 0 aliphatic heterocycles. The van der Waals surface area contributed by atoms with Gasteiger partial charge in [-0.25, -0.2) is 9.97 Å². The molecule has 3 nitrogen and oxygen atoms in total. The largest absolute Gasteiger partial charge is 0.369 e. The fraction of sp³-hybridized carbons (Fsp3) is 0.333. The van der Waals surface area contributed by atoms with E-state index in [0.29, 0.717) is 0 Å². The number of hydrogen-bond acceptors (Lipinski definition) is 5. The summed E-state index contributed by atoms with van der Waals surface area (Å²) in [5.74, 6) is 1.88. The number of aryl methyl sites for hydroxylation is 1. The van der Waals surface area contributed by atoms with Crippen LogP contribution in [0, 0.1) is 6.92 Å². The van der Waals surface area contributed by atoms with Crippen LogP contribution in [0.2, 0.25) is 0 Å². The van der Waals surface area contributed by atoms with E-state index >= 15 is 0 Å². The molecular formula is C15H17N3S2. The van der Waals surface area contributed by atoms with Gasteiger partial charge in [-0.15, -0.1) is 22.7 Å². The van der Waals surface area contributed by atoms with Gasteiger partial charge in [-0.05, 0) is 30.9 Å². The van der Waals surface area contributed by atoms with E-state index in [1.807, 2.05) is 0 Å². The lowest BCUT2D eigenvalue weighted by atomic mass is 10.3. The summed E-state index contributed by atoms with van der Waals surface area (Å²) in [6, 6.07) is 6.38. The summed E-state index contributed by atoms with van der Waals surface area (Å²) in [6.45, 7) is 5.23. The van der Waals surface area contributed by atoms with Crippen molar-refractivity contribution in [2.75, 3.05) is 11.9 Å². The topological polar surface area (TPSA) is 37.8 Å². The van der Waals surface area contributed by atoms with E-state index in [0.717, 1.165) is 41.2 Å². The second-order valence-electron chi connectivity index (χ2n) is 4.75. The van der Waals surface area contributed by atoms with Crippen molar-refractivity contribution in [3.05, 3.63) is 39.2 Å². The van der Waals surface area contributed by atoms with Gasteiger partial charge in [0.05, 0.1) is 5.39 Å². The summed E-state index contributed by atoms with van der Waals surface area (Å²) in [7, 11) is 0. The highest BCUT2D eigenvalue weighted by Gasteiger charge is 2.11. The Morgan fingerprint density at radius 2 is 2.20 bits per heavy atom. The van der Waals surface area contributed by atoms with Crippen LogP contribution in [-0.4, -0.2) is 16.5 Å². The third-order valence-corrected chi connectivity index (χ3v) is 4.84. The zero-order valence-corrected chi connectivity index (χ0v) is 13.3. The van der Waals surface area contributed by atoms with Crippen LogP contribution in [0.1, 0.15) is 28.9 Å². The maximum absolute atomic E-state index is 4.72. The van der Waals surface area contributed by atoms with Gasteiger partial charge in [0.15, 0.2) is 0 Å². The monoisotopic (exact) mass is 303 g/mol. The Kier molecular flexibility index (Phi) is 3.98. The van der Waals surface area contributed by atoms with E-state index in [1.165, 1.54) is 9.75 Å². The lowest BCUT2D eigenvalue weighted by Gasteiger charge is -2.07. The summed E-state index contributed by atoms with van der Waals surface area (Å²) in [5.41, 5.74) is 0. The van der Waals surface area contributed by atoms with Crippen LogP contribution in [0.3, 0.4) is 0 Å². The van der Waals surface area contributed by atoms with Gasteiger partial charge in [-0.3, -0.25) is 0 Å². The molecule has 5 heteroatoms. The molecule has 0 aliphatic carbocycles. The minimum Gasteiger partial charge on any atom is -0.369 e. The molecule has 0 saturated heterocycles. The number of thiophene rings is 2. The first-order chi connectivity index (χ1) is 9.76. The van der Waals surface area contributed by atoms with E-state index < -0.39 is 0 Å². The predicted molar refractivity (Wildman–Crippen MR) is 88.1 cm³/mol. The molecule has 0 bridgehead atoms. The first-order valence-electron chi connectivity index (χ1n) is 6.79. The van der Waals surface area contributed by atoms with Crippen LogP contribution < -0.4 is 5.32 Å². The molecule has 0 unspecified atom stereocenters. The van der Waals surface area contributed by atoms with Gasteiger partial charge in [0.25, 0.3) is 0 Å². The number of fused-ring (bicyclic) bond motifs is 1. The highest BCUT2D eigenvalue weighted by Crippen LogP contribution is 2.29. The number of aromatic nitrogens is 2. The van der Waals surface area contributed by atoms with Crippen LogP contribution in [-0.2, 0) is 6.42 Å². The standard InChI is InChI=1S/C15H17N3S2/c1-3-6-16-14-12-8-10(2)20-15(12)18-13(17-14)9-11-5-4-7-19-11/h4-5,7-8H,3,6,9H2,1-2H3,(H,16,17,18). The Bertz CT molecular complexity index is 701. The smallest absolute Gasteiger partial charge is 0.138 e. The van der Waals surface area contributed by atoms with E-state index in [1.54, 1.807) is 22.7 Å². The second-order valence-corrected chi connectivity index (χ2v) is 7.01. The SMILES string of the molecule is CCCNc1nc(Cc2cccs2)nc2sc(C)cc12. The lowest BCUT2D eigenvalue weighted by Crippen LogP contribution is -2.05. The maximum Gasteiger partial charge on any atom is 0.138 e. The molecule has 0 radical (unpaired) electrons. The van der Waals surface area contributed by atoms with Crippen LogP contribution >= 0.6 is 22.7 Å². The van der Waals surface area contributed by atoms with Crippen molar-refractivity contribution in [1.29, 1.82) is 0 Å². The van der Waals surface area contributed by atoms with Gasteiger partial charge in [0.2, 0.25) is 0 Å². The summed E-state index contributed by atoms with van der Waals surface area (Å²) in [4.78, 5) is 13.1. The average Bonchev–Trinajstić information content (AvgIpc) is 3.04. The molecule has 0 aliphatic rings. The van der Waals surface area contributed by atoms with Gasteiger partial charge >= 0.3 is 0 Å². The normalized spacial score (nSPS) is 11.1. The first-order valence-corrected chi connectivity index (χ1v) is 8.49. The Morgan fingerprint density at radius 3 is 2.95 bits per heavy atom. The van der Waals surface area contributed by atoms with E-state index in [4.69, 9.17) is 9.97 Å². The predicted octanol–water partition coefficient (Wildman–Crippen LogP) is 4.47. The number of rotatable bonds is 5. The molecule has 0 aromatic carbocycles. The fourth-order valence-electron chi connectivity index (χ4n) is 2.11. The average molecular weight is 303 g/mol. The molecular weight excluding hydrogens is 286 g/mol. The van der Waals surface area contributed by atoms with E-state index in [2.05, 4.69) is 42.7 Å². The number of nitrogens with zero attached hydrogens (tertiary/aromatic N) is 2. The summed E-state index contributed by atoms with van der Waals surface area (Å²) < 4.78 is 0. The van der Waals surface area contributed by atoms with Crippen molar-refractivity contribution < 1.29 is 0 Å². The van der Waals surface area contributed by atoms with Crippen LogP contribution in [0.4, 0.5) is 5.82 Å². The van der Waals surface area contributed by atoms with Crippen LogP contribution in [0.5, 0.6) is 0 Å².